The van der Waals surface area contributed by atoms with E-state index < -0.39 is 26.2 Å². The third-order valence-electron chi connectivity index (χ3n) is 3.48. The SMILES string of the molecule is C[Si](C)OC(CC(C)(C)C)C1Oc2cc([N+](=O)[O-])ccc2NC1=O. The second-order valence-electron chi connectivity index (χ2n) is 7.29. The van der Waals surface area contributed by atoms with Crippen molar-refractivity contribution in [3.05, 3.63) is 28.3 Å². The van der Waals surface area contributed by atoms with E-state index in [4.69, 9.17) is 9.16 Å². The van der Waals surface area contributed by atoms with Crippen molar-refractivity contribution < 1.29 is 18.9 Å². The number of nitrogens with zero attached hydrogens (tertiary/aromatic N) is 1. The molecule has 7 nitrogen and oxygen atoms in total. The summed E-state index contributed by atoms with van der Waals surface area (Å²) in [6, 6.07) is 4.15. The van der Waals surface area contributed by atoms with Gasteiger partial charge in [0, 0.05) is 6.07 Å². The molecule has 8 heteroatoms. The van der Waals surface area contributed by atoms with Gasteiger partial charge in [-0.2, -0.15) is 0 Å². The number of nitro groups is 1. The molecular formula is C16H23N2O5Si. The zero-order valence-electron chi connectivity index (χ0n) is 14.6. The molecule has 1 aromatic carbocycles. The first-order valence-electron chi connectivity index (χ1n) is 7.79. The molecule has 1 radical (unpaired) electrons. The van der Waals surface area contributed by atoms with E-state index in [2.05, 4.69) is 26.1 Å². The smallest absolute Gasteiger partial charge is 0.273 e. The molecule has 2 rings (SSSR count). The molecule has 0 bridgehead atoms. The van der Waals surface area contributed by atoms with E-state index in [1.807, 2.05) is 13.1 Å². The average molecular weight is 351 g/mol. The summed E-state index contributed by atoms with van der Waals surface area (Å²) in [6.07, 6.45) is -0.578. The van der Waals surface area contributed by atoms with Gasteiger partial charge in [-0.1, -0.05) is 20.8 Å². The van der Waals surface area contributed by atoms with Gasteiger partial charge in [0.05, 0.1) is 22.8 Å². The van der Waals surface area contributed by atoms with Crippen LogP contribution in [0.4, 0.5) is 11.4 Å². The van der Waals surface area contributed by atoms with E-state index in [-0.39, 0.29) is 17.0 Å². The molecule has 0 saturated heterocycles. The van der Waals surface area contributed by atoms with E-state index in [9.17, 15) is 14.9 Å². The lowest BCUT2D eigenvalue weighted by Gasteiger charge is -2.35. The fourth-order valence-electron chi connectivity index (χ4n) is 2.58. The molecule has 0 saturated carbocycles. The van der Waals surface area contributed by atoms with Crippen LogP contribution >= 0.6 is 0 Å². The van der Waals surface area contributed by atoms with Gasteiger partial charge in [-0.15, -0.1) is 0 Å². The van der Waals surface area contributed by atoms with Gasteiger partial charge >= 0.3 is 0 Å². The number of anilines is 1. The summed E-state index contributed by atoms with van der Waals surface area (Å²) in [4.78, 5) is 22.9. The Labute approximate surface area is 143 Å². The number of fused-ring (bicyclic) bond motifs is 1. The Morgan fingerprint density at radius 3 is 2.62 bits per heavy atom. The first-order valence-corrected chi connectivity index (χ1v) is 10.2. The van der Waals surface area contributed by atoms with Crippen molar-refractivity contribution in [2.24, 2.45) is 5.41 Å². The van der Waals surface area contributed by atoms with Crippen LogP contribution in [0.15, 0.2) is 18.2 Å². The van der Waals surface area contributed by atoms with Gasteiger partial charge in [0.2, 0.25) is 15.1 Å². The number of amides is 1. The van der Waals surface area contributed by atoms with E-state index in [1.54, 1.807) is 0 Å². The minimum Gasteiger partial charge on any atom is -0.475 e. The predicted molar refractivity (Wildman–Crippen MR) is 92.6 cm³/mol. The molecule has 2 atom stereocenters. The highest BCUT2D eigenvalue weighted by Gasteiger charge is 2.38. The summed E-state index contributed by atoms with van der Waals surface area (Å²) in [5.74, 6) is 0.0196. The van der Waals surface area contributed by atoms with E-state index in [0.717, 1.165) is 0 Å². The normalized spacial score (nSPS) is 18.6. The van der Waals surface area contributed by atoms with Crippen molar-refractivity contribution in [1.82, 2.24) is 0 Å². The maximum atomic E-state index is 12.4. The highest BCUT2D eigenvalue weighted by Crippen LogP contribution is 2.36. The van der Waals surface area contributed by atoms with Crippen LogP contribution in [0.5, 0.6) is 5.75 Å². The number of nitro benzene ring substituents is 1. The van der Waals surface area contributed by atoms with Crippen molar-refractivity contribution in [2.75, 3.05) is 5.32 Å². The highest BCUT2D eigenvalue weighted by atomic mass is 28.3. The van der Waals surface area contributed by atoms with Gasteiger partial charge in [-0.25, -0.2) is 0 Å². The van der Waals surface area contributed by atoms with Gasteiger partial charge in [-0.3, -0.25) is 14.9 Å². The summed E-state index contributed by atoms with van der Waals surface area (Å²) in [5.41, 5.74) is 0.316. The summed E-state index contributed by atoms with van der Waals surface area (Å²) in [5, 5.41) is 13.7. The Morgan fingerprint density at radius 2 is 2.08 bits per heavy atom. The standard InChI is InChI=1S/C16H23N2O5Si/c1-16(2,3)9-13(23-24(4)5)14-15(19)17-11-7-6-10(18(20)21)8-12(11)22-14/h6-8,13-14H,9H2,1-5H3,(H,17,19). The van der Waals surface area contributed by atoms with Crippen molar-refractivity contribution >= 4 is 26.3 Å². The van der Waals surface area contributed by atoms with Crippen LogP contribution in [0.1, 0.15) is 27.2 Å². The highest BCUT2D eigenvalue weighted by molar-refractivity contribution is 6.48. The van der Waals surface area contributed by atoms with Crippen LogP contribution in [0, 0.1) is 15.5 Å². The van der Waals surface area contributed by atoms with Crippen LogP contribution in [0.25, 0.3) is 0 Å². The summed E-state index contributed by atoms with van der Waals surface area (Å²) < 4.78 is 11.8. The Morgan fingerprint density at radius 1 is 1.42 bits per heavy atom. The number of hydrogen-bond acceptors (Lipinski definition) is 5. The molecule has 1 aliphatic rings. The zero-order valence-corrected chi connectivity index (χ0v) is 15.6. The minimum atomic E-state index is -1.04. The number of nitrogens with one attached hydrogen (secondary N) is 1. The lowest BCUT2D eigenvalue weighted by molar-refractivity contribution is -0.384. The van der Waals surface area contributed by atoms with Crippen LogP contribution in [-0.2, 0) is 9.22 Å². The molecule has 131 valence electrons. The van der Waals surface area contributed by atoms with Crippen LogP contribution < -0.4 is 10.1 Å². The fraction of sp³-hybridized carbons (Fsp3) is 0.562. The van der Waals surface area contributed by atoms with Gasteiger partial charge in [0.15, 0.2) is 5.75 Å². The number of carbonyl (C=O) groups excluding carboxylic acids is 1. The average Bonchev–Trinajstić information content (AvgIpc) is 2.43. The van der Waals surface area contributed by atoms with Crippen LogP contribution in [-0.4, -0.2) is 32.1 Å². The van der Waals surface area contributed by atoms with Crippen molar-refractivity contribution in [2.45, 2.75) is 52.5 Å². The molecule has 0 aliphatic carbocycles. The van der Waals surface area contributed by atoms with Crippen molar-refractivity contribution in [3.63, 3.8) is 0 Å². The number of carbonyl (C=O) groups is 1. The Kier molecular flexibility index (Phi) is 5.29. The largest absolute Gasteiger partial charge is 0.475 e. The number of ether oxygens (including phenoxy) is 1. The fourth-order valence-corrected chi connectivity index (χ4v) is 3.39. The second-order valence-corrected chi connectivity index (χ2v) is 9.35. The molecule has 24 heavy (non-hydrogen) atoms. The molecular weight excluding hydrogens is 328 g/mol. The van der Waals surface area contributed by atoms with Gasteiger partial charge in [0.1, 0.15) is 0 Å². The number of hydrogen-bond donors (Lipinski definition) is 1. The maximum absolute atomic E-state index is 12.4. The van der Waals surface area contributed by atoms with Crippen LogP contribution in [0.2, 0.25) is 13.1 Å². The van der Waals surface area contributed by atoms with Crippen molar-refractivity contribution in [3.8, 4) is 5.75 Å². The quantitative estimate of drug-likeness (QED) is 0.499. The summed E-state index contributed by atoms with van der Waals surface area (Å²) >= 11 is 0. The number of non-ortho nitro benzene ring substituents is 1. The van der Waals surface area contributed by atoms with Crippen LogP contribution in [0.3, 0.4) is 0 Å². The molecule has 1 aliphatic heterocycles. The number of benzene rings is 1. The lowest BCUT2D eigenvalue weighted by Crippen LogP contribution is -2.49. The van der Waals surface area contributed by atoms with Gasteiger partial charge in [-0.05, 0) is 31.0 Å². The van der Waals surface area contributed by atoms with Gasteiger partial charge < -0.3 is 14.5 Å². The Hall–Kier alpha value is -1.93. The third kappa shape index (κ3) is 4.54. The van der Waals surface area contributed by atoms with Gasteiger partial charge in [0.25, 0.3) is 11.6 Å². The van der Waals surface area contributed by atoms with Crippen molar-refractivity contribution in [1.29, 1.82) is 0 Å². The molecule has 1 heterocycles. The topological polar surface area (TPSA) is 90.7 Å². The summed E-state index contributed by atoms with van der Waals surface area (Å²) in [6.45, 7) is 10.2. The molecule has 1 amide bonds. The maximum Gasteiger partial charge on any atom is 0.273 e. The first kappa shape index (κ1) is 18.4. The predicted octanol–water partition coefficient (Wildman–Crippen LogP) is 3.37. The molecule has 1 N–H and O–H groups in total. The minimum absolute atomic E-state index is 0.0470. The summed E-state index contributed by atoms with van der Waals surface area (Å²) in [7, 11) is -1.04. The van der Waals surface area contributed by atoms with E-state index >= 15 is 0 Å². The van der Waals surface area contributed by atoms with E-state index in [1.165, 1.54) is 18.2 Å². The zero-order chi connectivity index (χ0) is 18.1. The monoisotopic (exact) mass is 351 g/mol. The molecule has 1 aromatic rings. The number of rotatable bonds is 5. The molecule has 0 spiro atoms. The lowest BCUT2D eigenvalue weighted by atomic mass is 9.87. The molecule has 0 aromatic heterocycles. The Balaban J connectivity index is 2.30. The third-order valence-corrected chi connectivity index (χ3v) is 4.26. The Bertz CT molecular complexity index is 642. The van der Waals surface area contributed by atoms with E-state index in [0.29, 0.717) is 17.9 Å². The molecule has 2 unspecified atom stereocenters. The first-order chi connectivity index (χ1) is 11.1. The molecule has 0 fully saturated rings. The second kappa shape index (κ2) is 6.90.